The average Bonchev–Trinajstić information content (AvgIpc) is 2.66. The summed E-state index contributed by atoms with van der Waals surface area (Å²) < 4.78 is 24.3. The van der Waals surface area contributed by atoms with Gasteiger partial charge >= 0.3 is 11.4 Å². The molecule has 0 aliphatic heterocycles. The number of aromatic nitrogens is 1. The Morgan fingerprint density at radius 1 is 1.44 bits per heavy atom. The number of hydrogen-bond donors (Lipinski definition) is 1. The lowest BCUT2D eigenvalue weighted by Gasteiger charge is -1.95. The molecule has 0 fully saturated rings. The van der Waals surface area contributed by atoms with Crippen molar-refractivity contribution in [3.63, 3.8) is 0 Å². The molecule has 86 valence electrons. The number of thiazole rings is 1. The van der Waals surface area contributed by atoms with Gasteiger partial charge in [-0.1, -0.05) is 12.1 Å². The predicted octanol–water partition coefficient (Wildman–Crippen LogP) is 2.38. The minimum atomic E-state index is -2.16. The standard InChI is InChI=1S/C10H11NO3S2/c12-16(13)14-7-3-6-10-11-8-4-1-2-5-9(8)15-10/h1-2,4-5H,3,6-7H2,(H,12,13). The zero-order valence-corrected chi connectivity index (χ0v) is 10.1. The highest BCUT2D eigenvalue weighted by Crippen LogP contribution is 2.22. The van der Waals surface area contributed by atoms with E-state index < -0.39 is 11.4 Å². The fourth-order valence-corrected chi connectivity index (χ4v) is 2.65. The van der Waals surface area contributed by atoms with E-state index >= 15 is 0 Å². The Kier molecular flexibility index (Phi) is 4.00. The number of aryl methyl sites for hydroxylation is 1. The van der Waals surface area contributed by atoms with Crippen LogP contribution in [0.15, 0.2) is 24.3 Å². The van der Waals surface area contributed by atoms with Crippen LogP contribution >= 0.6 is 11.3 Å². The summed E-state index contributed by atoms with van der Waals surface area (Å²) >= 11 is -0.504. The molecule has 2 rings (SSSR count). The largest absolute Gasteiger partial charge is 0.301 e. The molecule has 1 unspecified atom stereocenters. The molecule has 1 heterocycles. The van der Waals surface area contributed by atoms with Crippen molar-refractivity contribution in [3.05, 3.63) is 29.3 Å². The maximum atomic E-state index is 10.2. The van der Waals surface area contributed by atoms with Crippen molar-refractivity contribution < 1.29 is 12.9 Å². The van der Waals surface area contributed by atoms with Crippen molar-refractivity contribution in [1.29, 1.82) is 0 Å². The Morgan fingerprint density at radius 3 is 3.00 bits per heavy atom. The molecule has 2 aromatic rings. The average molecular weight is 257 g/mol. The number of rotatable bonds is 5. The van der Waals surface area contributed by atoms with Gasteiger partial charge in [0.25, 0.3) is 0 Å². The Hall–Kier alpha value is -0.820. The fourth-order valence-electron chi connectivity index (χ4n) is 1.38. The van der Waals surface area contributed by atoms with Gasteiger partial charge in [-0.25, -0.2) is 4.98 Å². The maximum absolute atomic E-state index is 10.2. The molecule has 1 atom stereocenters. The van der Waals surface area contributed by atoms with E-state index in [1.54, 1.807) is 11.3 Å². The molecule has 4 nitrogen and oxygen atoms in total. The van der Waals surface area contributed by atoms with Crippen LogP contribution in [0.3, 0.4) is 0 Å². The lowest BCUT2D eigenvalue weighted by molar-refractivity contribution is 0.301. The molecule has 0 saturated carbocycles. The van der Waals surface area contributed by atoms with Crippen LogP contribution in [0.4, 0.5) is 0 Å². The highest BCUT2D eigenvalue weighted by Gasteiger charge is 2.03. The molecule has 0 amide bonds. The van der Waals surface area contributed by atoms with Crippen molar-refractivity contribution in [1.82, 2.24) is 4.98 Å². The summed E-state index contributed by atoms with van der Waals surface area (Å²) in [7, 11) is 0. The Bertz CT molecular complexity index is 465. The molecule has 0 bridgehead atoms. The molecule has 0 aliphatic rings. The fraction of sp³-hybridized carbons (Fsp3) is 0.300. The summed E-state index contributed by atoms with van der Waals surface area (Å²) in [4.78, 5) is 4.45. The van der Waals surface area contributed by atoms with Crippen LogP contribution in [0.1, 0.15) is 11.4 Å². The van der Waals surface area contributed by atoms with E-state index in [0.29, 0.717) is 6.42 Å². The molecule has 1 N–H and O–H groups in total. The zero-order valence-electron chi connectivity index (χ0n) is 8.46. The predicted molar refractivity (Wildman–Crippen MR) is 64.7 cm³/mol. The monoisotopic (exact) mass is 257 g/mol. The molecule has 1 aromatic heterocycles. The number of hydrogen-bond acceptors (Lipinski definition) is 4. The van der Waals surface area contributed by atoms with E-state index in [1.165, 1.54) is 4.70 Å². The van der Waals surface area contributed by atoms with Crippen LogP contribution < -0.4 is 0 Å². The van der Waals surface area contributed by atoms with Crippen LogP contribution in [-0.2, 0) is 22.0 Å². The molecule has 0 aliphatic carbocycles. The van der Waals surface area contributed by atoms with Crippen LogP contribution in [-0.4, -0.2) is 20.4 Å². The first-order chi connectivity index (χ1) is 7.75. The summed E-state index contributed by atoms with van der Waals surface area (Å²) in [5.41, 5.74) is 1.01. The second-order valence-electron chi connectivity index (χ2n) is 3.22. The van der Waals surface area contributed by atoms with E-state index in [1.807, 2.05) is 24.3 Å². The molecule has 0 spiro atoms. The Balaban J connectivity index is 1.92. The normalized spacial score (nSPS) is 13.1. The number of fused-ring (bicyclic) bond motifs is 1. The molecular formula is C10H11NO3S2. The molecule has 0 radical (unpaired) electrons. The van der Waals surface area contributed by atoms with Crippen LogP contribution in [0.2, 0.25) is 0 Å². The van der Waals surface area contributed by atoms with Gasteiger partial charge in [-0.15, -0.1) is 11.3 Å². The highest BCUT2D eigenvalue weighted by atomic mass is 32.2. The third kappa shape index (κ3) is 3.08. The summed E-state index contributed by atoms with van der Waals surface area (Å²) in [6.45, 7) is 0.277. The molecule has 6 heteroatoms. The van der Waals surface area contributed by atoms with E-state index in [9.17, 15) is 4.21 Å². The zero-order chi connectivity index (χ0) is 11.4. The minimum Gasteiger partial charge on any atom is -0.284 e. The third-order valence-corrected chi connectivity index (χ3v) is 3.52. The van der Waals surface area contributed by atoms with Crippen molar-refractivity contribution in [2.75, 3.05) is 6.61 Å². The summed E-state index contributed by atoms with van der Waals surface area (Å²) in [5.74, 6) is 0. The van der Waals surface area contributed by atoms with Crippen molar-refractivity contribution >= 4 is 32.9 Å². The SMILES string of the molecule is O=S(O)OCCCc1nc2ccccc2s1. The Morgan fingerprint density at radius 2 is 2.25 bits per heavy atom. The van der Waals surface area contributed by atoms with Crippen LogP contribution in [0.25, 0.3) is 10.2 Å². The first-order valence-corrected chi connectivity index (χ1v) is 6.69. The summed E-state index contributed by atoms with van der Waals surface area (Å²) in [6.07, 6.45) is 1.47. The van der Waals surface area contributed by atoms with Crippen LogP contribution in [0, 0.1) is 0 Å². The summed E-state index contributed by atoms with van der Waals surface area (Å²) in [6, 6.07) is 7.97. The Labute approximate surface area is 99.8 Å². The van der Waals surface area contributed by atoms with Gasteiger partial charge in [0, 0.05) is 6.42 Å². The first-order valence-electron chi connectivity index (χ1n) is 4.84. The van der Waals surface area contributed by atoms with Gasteiger partial charge in [0.2, 0.25) is 0 Å². The lowest BCUT2D eigenvalue weighted by atomic mass is 10.3. The van der Waals surface area contributed by atoms with E-state index in [4.69, 9.17) is 4.55 Å². The van der Waals surface area contributed by atoms with Gasteiger partial charge in [-0.05, 0) is 18.6 Å². The van der Waals surface area contributed by atoms with Gasteiger partial charge in [-0.3, -0.25) is 8.74 Å². The molecule has 0 saturated heterocycles. The van der Waals surface area contributed by atoms with Gasteiger partial charge < -0.3 is 0 Å². The van der Waals surface area contributed by atoms with E-state index in [-0.39, 0.29) is 6.61 Å². The topological polar surface area (TPSA) is 59.4 Å². The van der Waals surface area contributed by atoms with Crippen LogP contribution in [0.5, 0.6) is 0 Å². The second-order valence-corrected chi connectivity index (χ2v) is 5.00. The van der Waals surface area contributed by atoms with Gasteiger partial charge in [0.1, 0.15) is 0 Å². The quantitative estimate of drug-likeness (QED) is 0.660. The highest BCUT2D eigenvalue weighted by molar-refractivity contribution is 7.74. The first kappa shape index (κ1) is 11.7. The number of benzene rings is 1. The van der Waals surface area contributed by atoms with Crippen molar-refractivity contribution in [3.8, 4) is 0 Å². The van der Waals surface area contributed by atoms with Gasteiger partial charge in [-0.2, -0.15) is 4.21 Å². The molecule has 16 heavy (non-hydrogen) atoms. The van der Waals surface area contributed by atoms with Crippen molar-refractivity contribution in [2.24, 2.45) is 0 Å². The maximum Gasteiger partial charge on any atom is 0.301 e. The molecular weight excluding hydrogens is 246 g/mol. The third-order valence-electron chi connectivity index (χ3n) is 2.06. The lowest BCUT2D eigenvalue weighted by Crippen LogP contribution is -1.98. The van der Waals surface area contributed by atoms with E-state index in [2.05, 4.69) is 9.17 Å². The summed E-state index contributed by atoms with van der Waals surface area (Å²) in [5, 5.41) is 1.04. The minimum absolute atomic E-state index is 0.277. The smallest absolute Gasteiger partial charge is 0.284 e. The number of para-hydroxylation sites is 1. The second kappa shape index (κ2) is 5.49. The van der Waals surface area contributed by atoms with E-state index in [0.717, 1.165) is 16.9 Å². The van der Waals surface area contributed by atoms with Gasteiger partial charge in [0.05, 0.1) is 21.8 Å². The molecule has 1 aromatic carbocycles. The number of nitrogens with zero attached hydrogens (tertiary/aromatic N) is 1. The van der Waals surface area contributed by atoms with Crippen molar-refractivity contribution in [2.45, 2.75) is 12.8 Å². The van der Waals surface area contributed by atoms with Gasteiger partial charge in [0.15, 0.2) is 0 Å².